The second kappa shape index (κ2) is 8.91. The second-order valence-corrected chi connectivity index (χ2v) is 10.1. The molecular formula is C25H31N5O2S. The summed E-state index contributed by atoms with van der Waals surface area (Å²) < 4.78 is 5.53. The lowest BCUT2D eigenvalue weighted by Gasteiger charge is -2.41. The summed E-state index contributed by atoms with van der Waals surface area (Å²) in [5.41, 5.74) is 3.48. The number of fused-ring (bicyclic) bond motifs is 1. The maximum Gasteiger partial charge on any atom is 0.264 e. The molecule has 2 aromatic heterocycles. The summed E-state index contributed by atoms with van der Waals surface area (Å²) in [5.74, 6) is 1.78. The van der Waals surface area contributed by atoms with Gasteiger partial charge < -0.3 is 19.4 Å². The van der Waals surface area contributed by atoms with Crippen LogP contribution in [-0.2, 0) is 4.74 Å². The van der Waals surface area contributed by atoms with Crippen LogP contribution >= 0.6 is 11.3 Å². The molecule has 8 heteroatoms. The molecular weight excluding hydrogens is 434 g/mol. The van der Waals surface area contributed by atoms with Gasteiger partial charge in [-0.25, -0.2) is 9.97 Å². The highest BCUT2D eigenvalue weighted by Crippen LogP contribution is 2.36. The van der Waals surface area contributed by atoms with E-state index in [2.05, 4.69) is 52.9 Å². The molecule has 1 atom stereocenters. The molecule has 0 N–H and O–H groups in total. The van der Waals surface area contributed by atoms with Crippen molar-refractivity contribution in [2.45, 2.75) is 33.7 Å². The number of aromatic nitrogens is 2. The number of ether oxygens (including phenoxy) is 1. The molecule has 2 aliphatic rings. The first kappa shape index (κ1) is 22.1. The SMILES string of the molecule is Cc1ccc(N2CCN(C(=O)c3sc4nc(C)nc(N5CCOCC5)c4c3C)CC2C)cc1. The highest BCUT2D eigenvalue weighted by molar-refractivity contribution is 7.20. The fraction of sp³-hybridized carbons (Fsp3) is 0.480. The third-order valence-electron chi connectivity index (χ3n) is 6.67. The van der Waals surface area contributed by atoms with Crippen LogP contribution in [0.25, 0.3) is 10.2 Å². The molecule has 0 saturated carbocycles. The number of benzene rings is 1. The molecule has 33 heavy (non-hydrogen) atoms. The van der Waals surface area contributed by atoms with E-state index in [9.17, 15) is 4.79 Å². The molecule has 3 aromatic rings. The van der Waals surface area contributed by atoms with Crippen molar-refractivity contribution in [3.05, 3.63) is 46.1 Å². The average molecular weight is 466 g/mol. The molecule has 7 nitrogen and oxygen atoms in total. The summed E-state index contributed by atoms with van der Waals surface area (Å²) in [6.07, 6.45) is 0. The van der Waals surface area contributed by atoms with Gasteiger partial charge in [0.2, 0.25) is 0 Å². The normalized spacial score (nSPS) is 19.4. The van der Waals surface area contributed by atoms with E-state index in [1.165, 1.54) is 22.6 Å². The number of aryl methyl sites for hydroxylation is 3. The number of thiophene rings is 1. The maximum atomic E-state index is 13.6. The van der Waals surface area contributed by atoms with Crippen molar-refractivity contribution in [2.24, 2.45) is 0 Å². The Kier molecular flexibility index (Phi) is 5.97. The monoisotopic (exact) mass is 465 g/mol. The van der Waals surface area contributed by atoms with Crippen LogP contribution in [0.2, 0.25) is 0 Å². The molecule has 0 aliphatic carbocycles. The van der Waals surface area contributed by atoms with Crippen LogP contribution in [-0.4, -0.2) is 72.8 Å². The maximum absolute atomic E-state index is 13.6. The minimum atomic E-state index is 0.108. The van der Waals surface area contributed by atoms with E-state index in [1.54, 1.807) is 0 Å². The van der Waals surface area contributed by atoms with Gasteiger partial charge >= 0.3 is 0 Å². The van der Waals surface area contributed by atoms with Gasteiger partial charge in [0.1, 0.15) is 16.5 Å². The van der Waals surface area contributed by atoms with Crippen LogP contribution in [0.15, 0.2) is 24.3 Å². The molecule has 174 valence electrons. The van der Waals surface area contributed by atoms with Crippen LogP contribution in [0.4, 0.5) is 11.5 Å². The van der Waals surface area contributed by atoms with E-state index >= 15 is 0 Å². The van der Waals surface area contributed by atoms with Crippen molar-refractivity contribution >= 4 is 39.0 Å². The number of morpholine rings is 1. The Bertz CT molecular complexity index is 1170. The minimum absolute atomic E-state index is 0.108. The zero-order valence-electron chi connectivity index (χ0n) is 19.8. The number of piperazine rings is 1. The molecule has 0 spiro atoms. The number of hydrogen-bond donors (Lipinski definition) is 0. The first-order valence-electron chi connectivity index (χ1n) is 11.7. The third kappa shape index (κ3) is 4.17. The molecule has 1 aromatic carbocycles. The van der Waals surface area contributed by atoms with Gasteiger partial charge in [-0.2, -0.15) is 0 Å². The van der Waals surface area contributed by atoms with Crippen molar-refractivity contribution in [2.75, 3.05) is 55.7 Å². The highest BCUT2D eigenvalue weighted by atomic mass is 32.1. The van der Waals surface area contributed by atoms with Gasteiger partial charge in [-0.15, -0.1) is 11.3 Å². The van der Waals surface area contributed by atoms with E-state index in [0.29, 0.717) is 26.3 Å². The third-order valence-corrected chi connectivity index (χ3v) is 7.84. The number of nitrogens with zero attached hydrogens (tertiary/aromatic N) is 5. The van der Waals surface area contributed by atoms with Crippen molar-refractivity contribution < 1.29 is 9.53 Å². The number of carbonyl (C=O) groups excluding carboxylic acids is 1. The Labute approximate surface area is 199 Å². The predicted octanol–water partition coefficient (Wildman–Crippen LogP) is 3.80. The summed E-state index contributed by atoms with van der Waals surface area (Å²) in [4.78, 5) is 31.4. The lowest BCUT2D eigenvalue weighted by molar-refractivity contribution is 0.0730. The number of anilines is 2. The highest BCUT2D eigenvalue weighted by Gasteiger charge is 2.31. The fourth-order valence-corrected chi connectivity index (χ4v) is 6.02. The Morgan fingerprint density at radius 1 is 1.03 bits per heavy atom. The molecule has 2 fully saturated rings. The van der Waals surface area contributed by atoms with Crippen molar-refractivity contribution in [3.8, 4) is 0 Å². The number of carbonyl (C=O) groups is 1. The van der Waals surface area contributed by atoms with Gasteiger partial charge in [-0.05, 0) is 45.4 Å². The summed E-state index contributed by atoms with van der Waals surface area (Å²) in [6.45, 7) is 13.5. The van der Waals surface area contributed by atoms with Gasteiger partial charge in [0.25, 0.3) is 5.91 Å². The average Bonchev–Trinajstić information content (AvgIpc) is 3.15. The summed E-state index contributed by atoms with van der Waals surface area (Å²) in [7, 11) is 0. The summed E-state index contributed by atoms with van der Waals surface area (Å²) in [6, 6.07) is 8.90. The van der Waals surface area contributed by atoms with Gasteiger partial charge in [-0.3, -0.25) is 4.79 Å². The van der Waals surface area contributed by atoms with Gasteiger partial charge in [0.15, 0.2) is 0 Å². The molecule has 0 bridgehead atoms. The molecule has 0 radical (unpaired) electrons. The lowest BCUT2D eigenvalue weighted by Crippen LogP contribution is -2.53. The molecule has 4 heterocycles. The second-order valence-electron chi connectivity index (χ2n) is 9.06. The number of hydrogen-bond acceptors (Lipinski definition) is 7. The van der Waals surface area contributed by atoms with E-state index < -0.39 is 0 Å². The van der Waals surface area contributed by atoms with E-state index in [0.717, 1.165) is 51.9 Å². The zero-order chi connectivity index (χ0) is 23.1. The molecule has 2 aliphatic heterocycles. The number of rotatable bonds is 3. The van der Waals surface area contributed by atoms with Crippen LogP contribution < -0.4 is 9.80 Å². The smallest absolute Gasteiger partial charge is 0.264 e. The fourth-order valence-electron chi connectivity index (χ4n) is 4.83. The largest absolute Gasteiger partial charge is 0.378 e. The molecule has 2 saturated heterocycles. The van der Waals surface area contributed by atoms with Gasteiger partial charge in [0.05, 0.1) is 23.5 Å². The molecule has 5 rings (SSSR count). The van der Waals surface area contributed by atoms with Crippen LogP contribution in [0.3, 0.4) is 0 Å². The first-order valence-corrected chi connectivity index (χ1v) is 12.5. The first-order chi connectivity index (χ1) is 15.9. The van der Waals surface area contributed by atoms with E-state index in [-0.39, 0.29) is 11.9 Å². The van der Waals surface area contributed by atoms with Crippen molar-refractivity contribution in [1.29, 1.82) is 0 Å². The molecule has 1 amide bonds. The lowest BCUT2D eigenvalue weighted by atomic mass is 10.1. The Hall–Kier alpha value is -2.71. The van der Waals surface area contributed by atoms with Crippen LogP contribution in [0.5, 0.6) is 0 Å². The zero-order valence-corrected chi connectivity index (χ0v) is 20.6. The topological polar surface area (TPSA) is 61.8 Å². The van der Waals surface area contributed by atoms with Gasteiger partial charge in [0, 0.05) is 44.5 Å². The summed E-state index contributed by atoms with van der Waals surface area (Å²) in [5, 5.41) is 1.02. The summed E-state index contributed by atoms with van der Waals surface area (Å²) >= 11 is 1.50. The standard InChI is InChI=1S/C25H31N5O2S/c1-16-5-7-20(8-6-16)30-10-9-29(15-17(30)2)25(31)22-18(3)21-23(28-11-13-32-14-12-28)26-19(4)27-24(21)33-22/h5-8,17H,9-15H2,1-4H3. The number of amides is 1. The van der Waals surface area contributed by atoms with Crippen LogP contribution in [0.1, 0.15) is 33.5 Å². The Morgan fingerprint density at radius 3 is 2.45 bits per heavy atom. The quantitative estimate of drug-likeness (QED) is 0.586. The van der Waals surface area contributed by atoms with Gasteiger partial charge in [-0.1, -0.05) is 17.7 Å². The predicted molar refractivity (Wildman–Crippen MR) is 134 cm³/mol. The van der Waals surface area contributed by atoms with E-state index in [1.807, 2.05) is 18.7 Å². The Morgan fingerprint density at radius 2 is 1.76 bits per heavy atom. The van der Waals surface area contributed by atoms with Crippen molar-refractivity contribution in [1.82, 2.24) is 14.9 Å². The molecule has 1 unspecified atom stereocenters. The van der Waals surface area contributed by atoms with Crippen molar-refractivity contribution in [3.63, 3.8) is 0 Å². The van der Waals surface area contributed by atoms with E-state index in [4.69, 9.17) is 9.72 Å². The minimum Gasteiger partial charge on any atom is -0.378 e. The Balaban J connectivity index is 1.41. The van der Waals surface area contributed by atoms with Crippen LogP contribution in [0, 0.1) is 20.8 Å².